The Hall–Kier alpha value is -0.820. The van der Waals surface area contributed by atoms with Crippen LogP contribution in [0.4, 0.5) is 0 Å². The number of hydrogen-bond acceptors (Lipinski definition) is 1. The molecular weight excluding hydrogens is 220 g/mol. The van der Waals surface area contributed by atoms with Crippen LogP contribution in [0.1, 0.15) is 62.0 Å². The summed E-state index contributed by atoms with van der Waals surface area (Å²) in [4.78, 5) is 0. The summed E-state index contributed by atoms with van der Waals surface area (Å²) < 4.78 is 0. The van der Waals surface area contributed by atoms with E-state index >= 15 is 0 Å². The van der Waals surface area contributed by atoms with E-state index in [1.807, 2.05) is 0 Å². The van der Waals surface area contributed by atoms with E-state index in [2.05, 4.69) is 24.3 Å². The molecule has 2 aliphatic carbocycles. The minimum absolute atomic E-state index is 0.0797. The number of aliphatic hydroxyl groups is 1. The first-order valence-electron chi connectivity index (χ1n) is 7.59. The van der Waals surface area contributed by atoms with Gasteiger partial charge in [0, 0.05) is 0 Å². The van der Waals surface area contributed by atoms with Gasteiger partial charge in [-0.25, -0.2) is 0 Å². The van der Waals surface area contributed by atoms with Gasteiger partial charge in [-0.15, -0.1) is 0 Å². The fourth-order valence-corrected chi connectivity index (χ4v) is 3.75. The lowest BCUT2D eigenvalue weighted by molar-refractivity contribution is 0.133. The van der Waals surface area contributed by atoms with E-state index in [1.165, 1.54) is 49.7 Å². The second kappa shape index (κ2) is 5.44. The van der Waals surface area contributed by atoms with Crippen LogP contribution in [0.3, 0.4) is 0 Å². The summed E-state index contributed by atoms with van der Waals surface area (Å²) in [6.45, 7) is 0. The normalized spacial score (nSPS) is 24.6. The Morgan fingerprint density at radius 3 is 2.72 bits per heavy atom. The van der Waals surface area contributed by atoms with Gasteiger partial charge in [0.05, 0.1) is 6.10 Å². The third-order valence-corrected chi connectivity index (χ3v) is 4.90. The summed E-state index contributed by atoms with van der Waals surface area (Å²) in [5.74, 6) is 1.54. The Morgan fingerprint density at radius 2 is 1.94 bits per heavy atom. The van der Waals surface area contributed by atoms with E-state index in [0.29, 0.717) is 5.92 Å². The molecule has 0 radical (unpaired) electrons. The molecule has 1 aromatic carbocycles. The molecule has 0 aromatic heterocycles. The summed E-state index contributed by atoms with van der Waals surface area (Å²) in [7, 11) is 0. The maximum Gasteiger partial charge on any atom is 0.0546 e. The summed E-state index contributed by atoms with van der Waals surface area (Å²) in [6.07, 6.45) is 9.97. The minimum atomic E-state index is -0.0797. The van der Waals surface area contributed by atoms with Crippen molar-refractivity contribution in [2.24, 2.45) is 5.92 Å². The highest BCUT2D eigenvalue weighted by atomic mass is 16.3. The van der Waals surface area contributed by atoms with Gasteiger partial charge >= 0.3 is 0 Å². The van der Waals surface area contributed by atoms with Gasteiger partial charge in [0.15, 0.2) is 0 Å². The van der Waals surface area contributed by atoms with Crippen LogP contribution >= 0.6 is 0 Å². The van der Waals surface area contributed by atoms with Crippen molar-refractivity contribution < 1.29 is 5.11 Å². The first kappa shape index (κ1) is 12.2. The number of rotatable bonds is 5. The van der Waals surface area contributed by atoms with Crippen LogP contribution in [0.5, 0.6) is 0 Å². The second-order valence-corrected chi connectivity index (χ2v) is 6.22. The van der Waals surface area contributed by atoms with Crippen molar-refractivity contribution in [1.82, 2.24) is 0 Å². The van der Waals surface area contributed by atoms with Crippen LogP contribution in [0, 0.1) is 5.92 Å². The molecule has 0 spiro atoms. The Bertz CT molecular complexity index is 392. The molecular formula is C17H24O. The second-order valence-electron chi connectivity index (χ2n) is 6.22. The van der Waals surface area contributed by atoms with Crippen molar-refractivity contribution in [2.75, 3.05) is 0 Å². The van der Waals surface area contributed by atoms with Crippen LogP contribution in [-0.2, 0) is 6.42 Å². The van der Waals surface area contributed by atoms with Gasteiger partial charge in [-0.3, -0.25) is 0 Å². The lowest BCUT2D eigenvalue weighted by Crippen LogP contribution is -2.22. The van der Waals surface area contributed by atoms with Crippen LogP contribution < -0.4 is 0 Å². The van der Waals surface area contributed by atoms with Crippen molar-refractivity contribution in [2.45, 2.75) is 63.4 Å². The minimum Gasteiger partial charge on any atom is -0.393 e. The monoisotopic (exact) mass is 244 g/mol. The average Bonchev–Trinajstić information content (AvgIpc) is 2.87. The molecule has 1 heteroatoms. The van der Waals surface area contributed by atoms with Crippen molar-refractivity contribution >= 4 is 0 Å². The lowest BCUT2D eigenvalue weighted by Gasteiger charge is -2.31. The summed E-state index contributed by atoms with van der Waals surface area (Å²) >= 11 is 0. The molecule has 1 fully saturated rings. The van der Waals surface area contributed by atoms with E-state index in [0.717, 1.165) is 18.8 Å². The maximum absolute atomic E-state index is 10.2. The molecule has 3 rings (SSSR count). The zero-order valence-electron chi connectivity index (χ0n) is 11.1. The number of fused-ring (bicyclic) bond motifs is 1. The Morgan fingerprint density at radius 1 is 1.17 bits per heavy atom. The molecule has 1 nitrogen and oxygen atoms in total. The van der Waals surface area contributed by atoms with Gasteiger partial charge in [0.25, 0.3) is 0 Å². The molecule has 0 saturated heterocycles. The van der Waals surface area contributed by atoms with Gasteiger partial charge in [-0.1, -0.05) is 49.9 Å². The highest BCUT2D eigenvalue weighted by Gasteiger charge is 2.27. The van der Waals surface area contributed by atoms with Gasteiger partial charge in [0.2, 0.25) is 0 Å². The van der Waals surface area contributed by atoms with Crippen molar-refractivity contribution in [3.05, 3.63) is 35.4 Å². The summed E-state index contributed by atoms with van der Waals surface area (Å²) in [5, 5.41) is 10.2. The molecule has 0 bridgehead atoms. The number of aliphatic hydroxyl groups excluding tert-OH is 1. The van der Waals surface area contributed by atoms with Crippen LogP contribution in [0.25, 0.3) is 0 Å². The molecule has 0 heterocycles. The Balaban J connectivity index is 1.43. The molecule has 2 atom stereocenters. The first-order chi connectivity index (χ1) is 8.83. The smallest absolute Gasteiger partial charge is 0.0546 e. The van der Waals surface area contributed by atoms with Crippen molar-refractivity contribution in [1.29, 1.82) is 0 Å². The molecule has 1 saturated carbocycles. The number of hydrogen-bond donors (Lipinski definition) is 1. The first-order valence-corrected chi connectivity index (χ1v) is 7.59. The van der Waals surface area contributed by atoms with Crippen LogP contribution in [0.15, 0.2) is 24.3 Å². The molecule has 1 N–H and O–H groups in total. The molecule has 2 unspecified atom stereocenters. The van der Waals surface area contributed by atoms with Crippen molar-refractivity contribution in [3.63, 3.8) is 0 Å². The van der Waals surface area contributed by atoms with Gasteiger partial charge in [-0.05, 0) is 48.6 Å². The van der Waals surface area contributed by atoms with Gasteiger partial charge in [0.1, 0.15) is 0 Å². The molecule has 0 amide bonds. The highest BCUT2D eigenvalue weighted by Crippen LogP contribution is 2.39. The van der Waals surface area contributed by atoms with E-state index in [9.17, 15) is 5.11 Å². The SMILES string of the molecule is OC(CCC1CCCC1)CC1Cc2ccccc21. The average molecular weight is 244 g/mol. The van der Waals surface area contributed by atoms with E-state index in [-0.39, 0.29) is 6.10 Å². The molecule has 1 aromatic rings. The van der Waals surface area contributed by atoms with Gasteiger partial charge in [-0.2, -0.15) is 0 Å². The maximum atomic E-state index is 10.2. The molecule has 0 aliphatic heterocycles. The fourth-order valence-electron chi connectivity index (χ4n) is 3.75. The van der Waals surface area contributed by atoms with E-state index in [1.54, 1.807) is 0 Å². The predicted octanol–water partition coefficient (Wildman–Crippen LogP) is 4.05. The molecule has 98 valence electrons. The largest absolute Gasteiger partial charge is 0.393 e. The van der Waals surface area contributed by atoms with Crippen LogP contribution in [-0.4, -0.2) is 11.2 Å². The van der Waals surface area contributed by atoms with Crippen molar-refractivity contribution in [3.8, 4) is 0 Å². The quantitative estimate of drug-likeness (QED) is 0.828. The van der Waals surface area contributed by atoms with E-state index in [4.69, 9.17) is 0 Å². The molecule has 18 heavy (non-hydrogen) atoms. The number of benzene rings is 1. The molecule has 2 aliphatic rings. The van der Waals surface area contributed by atoms with Gasteiger partial charge < -0.3 is 5.11 Å². The Labute approximate surface area is 110 Å². The van der Waals surface area contributed by atoms with E-state index < -0.39 is 0 Å². The zero-order valence-corrected chi connectivity index (χ0v) is 11.1. The zero-order chi connectivity index (χ0) is 12.4. The standard InChI is InChI=1S/C17H24O/c18-16(10-9-13-5-1-2-6-13)12-15-11-14-7-3-4-8-17(14)15/h3-4,7-8,13,15-16,18H,1-2,5-6,9-12H2. The Kier molecular flexibility index (Phi) is 3.69. The van der Waals surface area contributed by atoms with Crippen LogP contribution in [0.2, 0.25) is 0 Å². The third-order valence-electron chi connectivity index (χ3n) is 4.90. The lowest BCUT2D eigenvalue weighted by atomic mass is 9.74. The highest BCUT2D eigenvalue weighted by molar-refractivity contribution is 5.39. The predicted molar refractivity (Wildman–Crippen MR) is 74.7 cm³/mol. The fraction of sp³-hybridized carbons (Fsp3) is 0.647. The summed E-state index contributed by atoms with van der Waals surface area (Å²) in [6, 6.07) is 8.69. The summed E-state index contributed by atoms with van der Waals surface area (Å²) in [5.41, 5.74) is 2.97. The third kappa shape index (κ3) is 2.61. The topological polar surface area (TPSA) is 20.2 Å².